The van der Waals surface area contributed by atoms with E-state index in [1.54, 1.807) is 6.07 Å². The second-order valence-corrected chi connectivity index (χ2v) is 2.94. The van der Waals surface area contributed by atoms with Crippen molar-refractivity contribution in [2.45, 2.75) is 6.92 Å². The number of carbonyl (C=O) groups is 1. The van der Waals surface area contributed by atoms with Crippen molar-refractivity contribution in [3.8, 4) is 5.75 Å². The van der Waals surface area contributed by atoms with Gasteiger partial charge in [0.1, 0.15) is 0 Å². The fourth-order valence-electron chi connectivity index (χ4n) is 0.811. The van der Waals surface area contributed by atoms with Gasteiger partial charge in [0.2, 0.25) is 0 Å². The molecule has 0 heterocycles. The summed E-state index contributed by atoms with van der Waals surface area (Å²) < 4.78 is 17.7. The zero-order chi connectivity index (χ0) is 10.6. The second kappa shape index (κ2) is 4.72. The monoisotopic (exact) mass is 198 g/mol. The normalized spacial score (nSPS) is 12.2. The maximum Gasteiger partial charge on any atom is 0.316 e. The molecule has 3 nitrogen and oxygen atoms in total. The molecular weight excluding hydrogens is 187 g/mol. The summed E-state index contributed by atoms with van der Waals surface area (Å²) in [5, 5.41) is 8.66. The summed E-state index contributed by atoms with van der Waals surface area (Å²) in [7, 11) is 0. The molecule has 1 atom stereocenters. The lowest BCUT2D eigenvalue weighted by atomic mass is 10.2. The minimum atomic E-state index is -0.644. The largest absolute Gasteiger partial charge is 0.423 e. The van der Waals surface area contributed by atoms with Crippen LogP contribution >= 0.6 is 0 Å². The van der Waals surface area contributed by atoms with E-state index in [0.717, 1.165) is 0 Å². The van der Waals surface area contributed by atoms with Crippen LogP contribution in [-0.4, -0.2) is 17.7 Å². The van der Waals surface area contributed by atoms with Gasteiger partial charge in [0.05, 0.1) is 12.5 Å². The molecule has 1 aromatic carbocycles. The average Bonchev–Trinajstić information content (AvgIpc) is 2.20. The Kier molecular flexibility index (Phi) is 3.59. The van der Waals surface area contributed by atoms with Crippen LogP contribution in [0.1, 0.15) is 6.92 Å². The van der Waals surface area contributed by atoms with Gasteiger partial charge < -0.3 is 9.84 Å². The third-order valence-corrected chi connectivity index (χ3v) is 1.72. The minimum absolute atomic E-state index is 0.113. The molecule has 1 rings (SSSR count). The first-order valence-corrected chi connectivity index (χ1v) is 4.22. The lowest BCUT2D eigenvalue weighted by molar-refractivity contribution is -0.139. The second-order valence-electron chi connectivity index (χ2n) is 2.94. The molecule has 0 fully saturated rings. The van der Waals surface area contributed by atoms with Gasteiger partial charge in [-0.05, 0) is 19.1 Å². The van der Waals surface area contributed by atoms with Crippen LogP contribution in [0.3, 0.4) is 0 Å². The predicted molar refractivity (Wildman–Crippen MR) is 48.3 cm³/mol. The number of esters is 1. The Labute approximate surface area is 81.1 Å². The molecule has 0 aliphatic heterocycles. The number of aliphatic hydroxyl groups is 1. The molecule has 1 aromatic rings. The number of aliphatic hydroxyl groups excluding tert-OH is 1. The first-order chi connectivity index (χ1) is 6.65. The number of ether oxygens (including phenoxy) is 1. The van der Waals surface area contributed by atoms with E-state index in [4.69, 9.17) is 9.84 Å². The summed E-state index contributed by atoms with van der Waals surface area (Å²) in [5.41, 5.74) is 0. The number of para-hydroxylation sites is 1. The minimum Gasteiger partial charge on any atom is -0.423 e. The Balaban J connectivity index is 2.70. The molecule has 14 heavy (non-hydrogen) atoms. The summed E-state index contributed by atoms with van der Waals surface area (Å²) in [5.74, 6) is -1.99. The van der Waals surface area contributed by atoms with Gasteiger partial charge in [-0.25, -0.2) is 4.39 Å². The molecule has 0 aliphatic carbocycles. The highest BCUT2D eigenvalue weighted by Crippen LogP contribution is 2.16. The van der Waals surface area contributed by atoms with E-state index in [2.05, 4.69) is 0 Å². The molecule has 0 amide bonds. The maximum absolute atomic E-state index is 13.0. The maximum atomic E-state index is 13.0. The molecule has 76 valence electrons. The number of benzene rings is 1. The zero-order valence-electron chi connectivity index (χ0n) is 7.74. The van der Waals surface area contributed by atoms with Gasteiger partial charge in [0.25, 0.3) is 0 Å². The number of hydrogen-bond acceptors (Lipinski definition) is 3. The fourth-order valence-corrected chi connectivity index (χ4v) is 0.811. The third-order valence-electron chi connectivity index (χ3n) is 1.72. The van der Waals surface area contributed by atoms with Crippen LogP contribution in [-0.2, 0) is 4.79 Å². The quantitative estimate of drug-likeness (QED) is 0.589. The Morgan fingerprint density at radius 2 is 2.21 bits per heavy atom. The lowest BCUT2D eigenvalue weighted by Crippen LogP contribution is -2.21. The van der Waals surface area contributed by atoms with Gasteiger partial charge in [-0.2, -0.15) is 0 Å². The summed E-state index contributed by atoms with van der Waals surface area (Å²) >= 11 is 0. The first kappa shape index (κ1) is 10.7. The van der Waals surface area contributed by atoms with Crippen LogP contribution in [0.25, 0.3) is 0 Å². The van der Waals surface area contributed by atoms with Gasteiger partial charge in [-0.15, -0.1) is 0 Å². The zero-order valence-corrected chi connectivity index (χ0v) is 7.74. The molecule has 0 aromatic heterocycles. The van der Waals surface area contributed by atoms with Crippen LogP contribution in [0.2, 0.25) is 0 Å². The van der Waals surface area contributed by atoms with Crippen LogP contribution in [0, 0.1) is 11.7 Å². The van der Waals surface area contributed by atoms with E-state index in [1.807, 2.05) is 0 Å². The SMILES string of the molecule is CC(CO)C(=O)Oc1ccccc1F. The molecule has 0 spiro atoms. The molecule has 0 radical (unpaired) electrons. The van der Waals surface area contributed by atoms with Gasteiger partial charge >= 0.3 is 5.97 Å². The number of rotatable bonds is 3. The van der Waals surface area contributed by atoms with Crippen molar-refractivity contribution in [2.24, 2.45) is 5.92 Å². The van der Waals surface area contributed by atoms with Crippen LogP contribution in [0.15, 0.2) is 24.3 Å². The third kappa shape index (κ3) is 2.53. The molecular formula is C10H11FO3. The van der Waals surface area contributed by atoms with E-state index in [-0.39, 0.29) is 12.4 Å². The smallest absolute Gasteiger partial charge is 0.316 e. The molecule has 0 aliphatic rings. The van der Waals surface area contributed by atoms with E-state index in [9.17, 15) is 9.18 Å². The molecule has 0 bridgehead atoms. The summed E-state index contributed by atoms with van der Waals surface area (Å²) in [6, 6.07) is 5.63. The number of halogens is 1. The summed E-state index contributed by atoms with van der Waals surface area (Å²) in [6.07, 6.45) is 0. The summed E-state index contributed by atoms with van der Waals surface area (Å²) in [4.78, 5) is 11.1. The lowest BCUT2D eigenvalue weighted by Gasteiger charge is -2.08. The van der Waals surface area contributed by atoms with Crippen molar-refractivity contribution in [1.29, 1.82) is 0 Å². The van der Waals surface area contributed by atoms with Crippen LogP contribution < -0.4 is 4.74 Å². The number of hydrogen-bond donors (Lipinski definition) is 1. The summed E-state index contributed by atoms with van der Waals surface area (Å²) in [6.45, 7) is 1.19. The highest BCUT2D eigenvalue weighted by molar-refractivity contribution is 5.74. The molecule has 4 heteroatoms. The van der Waals surface area contributed by atoms with Crippen LogP contribution in [0.5, 0.6) is 5.75 Å². The van der Waals surface area contributed by atoms with Crippen molar-refractivity contribution >= 4 is 5.97 Å². The standard InChI is InChI=1S/C10H11FO3/c1-7(6-12)10(13)14-9-5-3-2-4-8(9)11/h2-5,7,12H,6H2,1H3. The van der Waals surface area contributed by atoms with Gasteiger partial charge in [-0.1, -0.05) is 12.1 Å². The van der Waals surface area contributed by atoms with E-state index in [0.29, 0.717) is 0 Å². The van der Waals surface area contributed by atoms with Crippen molar-refractivity contribution in [2.75, 3.05) is 6.61 Å². The van der Waals surface area contributed by atoms with E-state index in [1.165, 1.54) is 25.1 Å². The van der Waals surface area contributed by atoms with E-state index < -0.39 is 17.7 Å². The highest BCUT2D eigenvalue weighted by Gasteiger charge is 2.15. The predicted octanol–water partition coefficient (Wildman–Crippen LogP) is 1.36. The van der Waals surface area contributed by atoms with Gasteiger partial charge in [0.15, 0.2) is 11.6 Å². The van der Waals surface area contributed by atoms with E-state index >= 15 is 0 Å². The number of carbonyl (C=O) groups excluding carboxylic acids is 1. The van der Waals surface area contributed by atoms with Gasteiger partial charge in [-0.3, -0.25) is 4.79 Å². The average molecular weight is 198 g/mol. The van der Waals surface area contributed by atoms with Gasteiger partial charge in [0, 0.05) is 0 Å². The molecule has 1 unspecified atom stereocenters. The Bertz CT molecular complexity index is 325. The molecule has 1 N–H and O–H groups in total. The Hall–Kier alpha value is -1.42. The van der Waals surface area contributed by atoms with Crippen molar-refractivity contribution < 1.29 is 19.0 Å². The fraction of sp³-hybridized carbons (Fsp3) is 0.300. The molecule has 0 saturated heterocycles. The van der Waals surface area contributed by atoms with Crippen molar-refractivity contribution in [3.63, 3.8) is 0 Å². The highest BCUT2D eigenvalue weighted by atomic mass is 19.1. The topological polar surface area (TPSA) is 46.5 Å². The van der Waals surface area contributed by atoms with Crippen molar-refractivity contribution in [1.82, 2.24) is 0 Å². The molecule has 0 saturated carbocycles. The van der Waals surface area contributed by atoms with Crippen molar-refractivity contribution in [3.05, 3.63) is 30.1 Å². The first-order valence-electron chi connectivity index (χ1n) is 4.22. The van der Waals surface area contributed by atoms with Crippen LogP contribution in [0.4, 0.5) is 4.39 Å². The Morgan fingerprint density at radius 3 is 2.79 bits per heavy atom. The Morgan fingerprint density at radius 1 is 1.57 bits per heavy atom.